The van der Waals surface area contributed by atoms with Gasteiger partial charge in [-0.05, 0) is 30.2 Å². The average Bonchev–Trinajstić information content (AvgIpc) is 2.49. The number of hydrogen-bond acceptors (Lipinski definition) is 2. The molecular weight excluding hydrogens is 248 g/mol. The van der Waals surface area contributed by atoms with Gasteiger partial charge in [0, 0.05) is 5.56 Å². The van der Waals surface area contributed by atoms with Crippen LogP contribution in [0.15, 0.2) is 48.5 Å². The summed E-state index contributed by atoms with van der Waals surface area (Å²) in [6.07, 6.45) is 6.02. The van der Waals surface area contributed by atoms with Gasteiger partial charge in [-0.3, -0.25) is 0 Å². The van der Waals surface area contributed by atoms with Crippen molar-refractivity contribution in [1.29, 1.82) is 0 Å². The molecule has 0 bridgehead atoms. The van der Waals surface area contributed by atoms with Gasteiger partial charge in [0.05, 0.1) is 6.61 Å². The molecule has 0 aromatic heterocycles. The van der Waals surface area contributed by atoms with Crippen molar-refractivity contribution in [3.05, 3.63) is 59.7 Å². The van der Waals surface area contributed by atoms with E-state index in [2.05, 4.69) is 6.92 Å². The first kappa shape index (κ1) is 14.2. The molecule has 2 aromatic carbocycles. The summed E-state index contributed by atoms with van der Waals surface area (Å²) in [5.74, 6) is 1.06. The largest absolute Gasteiger partial charge is 0.507 e. The minimum atomic E-state index is 0.264. The minimum Gasteiger partial charge on any atom is -0.507 e. The standard InChI is InChI=1S/C18H20O2/c1-2-3-13-20-17-11-12-18(19)16(14-17)10-9-15-7-5-4-6-8-15/h4-12,14,19H,2-3,13H2,1H3. The van der Waals surface area contributed by atoms with Crippen molar-refractivity contribution in [1.82, 2.24) is 0 Å². The molecule has 2 nitrogen and oxygen atoms in total. The van der Waals surface area contributed by atoms with Crippen LogP contribution in [0.2, 0.25) is 0 Å². The molecule has 1 N–H and O–H groups in total. The number of hydrogen-bond donors (Lipinski definition) is 1. The summed E-state index contributed by atoms with van der Waals surface area (Å²) >= 11 is 0. The SMILES string of the molecule is CCCCOc1ccc(O)c(C=Cc2ccccc2)c1. The van der Waals surface area contributed by atoms with E-state index in [1.807, 2.05) is 48.6 Å². The van der Waals surface area contributed by atoms with Crippen molar-refractivity contribution in [2.45, 2.75) is 19.8 Å². The highest BCUT2D eigenvalue weighted by Crippen LogP contribution is 2.25. The molecule has 2 aromatic rings. The number of benzene rings is 2. The van der Waals surface area contributed by atoms with Crippen LogP contribution in [0.25, 0.3) is 12.2 Å². The van der Waals surface area contributed by atoms with Gasteiger partial charge in [0.2, 0.25) is 0 Å². The molecule has 0 aliphatic heterocycles. The van der Waals surface area contributed by atoms with Gasteiger partial charge < -0.3 is 9.84 Å². The third-order valence-corrected chi connectivity index (χ3v) is 3.02. The lowest BCUT2D eigenvalue weighted by Crippen LogP contribution is -1.96. The molecule has 0 spiro atoms. The highest BCUT2D eigenvalue weighted by Gasteiger charge is 2.00. The third kappa shape index (κ3) is 4.16. The van der Waals surface area contributed by atoms with Crippen LogP contribution in [0.3, 0.4) is 0 Å². The molecule has 2 heteroatoms. The van der Waals surface area contributed by atoms with Crippen LogP contribution in [-0.2, 0) is 0 Å². The van der Waals surface area contributed by atoms with E-state index in [9.17, 15) is 5.11 Å². The predicted molar refractivity (Wildman–Crippen MR) is 83.9 cm³/mol. The fraction of sp³-hybridized carbons (Fsp3) is 0.222. The molecule has 20 heavy (non-hydrogen) atoms. The fourth-order valence-corrected chi connectivity index (χ4v) is 1.84. The quantitative estimate of drug-likeness (QED) is 0.605. The Hall–Kier alpha value is -2.22. The zero-order valence-electron chi connectivity index (χ0n) is 11.8. The van der Waals surface area contributed by atoms with Crippen LogP contribution in [0.4, 0.5) is 0 Å². The van der Waals surface area contributed by atoms with Crippen molar-refractivity contribution >= 4 is 12.2 Å². The van der Waals surface area contributed by atoms with Crippen molar-refractivity contribution in [3.8, 4) is 11.5 Å². The van der Waals surface area contributed by atoms with Gasteiger partial charge in [-0.2, -0.15) is 0 Å². The summed E-state index contributed by atoms with van der Waals surface area (Å²) in [6, 6.07) is 15.3. The second-order valence-corrected chi connectivity index (χ2v) is 4.67. The summed E-state index contributed by atoms with van der Waals surface area (Å²) in [5, 5.41) is 9.88. The van der Waals surface area contributed by atoms with E-state index >= 15 is 0 Å². The maximum atomic E-state index is 9.88. The molecule has 0 aliphatic rings. The lowest BCUT2D eigenvalue weighted by molar-refractivity contribution is 0.309. The molecular formula is C18H20O2. The molecule has 0 radical (unpaired) electrons. The Morgan fingerprint density at radius 1 is 1.05 bits per heavy atom. The van der Waals surface area contributed by atoms with Crippen LogP contribution < -0.4 is 4.74 Å². The van der Waals surface area contributed by atoms with Gasteiger partial charge in [0.25, 0.3) is 0 Å². The van der Waals surface area contributed by atoms with Crippen LogP contribution in [-0.4, -0.2) is 11.7 Å². The summed E-state index contributed by atoms with van der Waals surface area (Å²) in [6.45, 7) is 2.84. The van der Waals surface area contributed by atoms with Gasteiger partial charge in [-0.25, -0.2) is 0 Å². The maximum absolute atomic E-state index is 9.88. The van der Waals surface area contributed by atoms with E-state index in [4.69, 9.17) is 4.74 Å². The second-order valence-electron chi connectivity index (χ2n) is 4.67. The van der Waals surface area contributed by atoms with Crippen molar-refractivity contribution < 1.29 is 9.84 Å². The summed E-state index contributed by atoms with van der Waals surface area (Å²) in [7, 11) is 0. The van der Waals surface area contributed by atoms with Gasteiger partial charge in [-0.1, -0.05) is 55.8 Å². The van der Waals surface area contributed by atoms with Crippen LogP contribution in [0, 0.1) is 0 Å². The monoisotopic (exact) mass is 268 g/mol. The number of unbranched alkanes of at least 4 members (excludes halogenated alkanes) is 1. The topological polar surface area (TPSA) is 29.5 Å². The van der Waals surface area contributed by atoms with E-state index in [0.717, 1.165) is 29.7 Å². The molecule has 0 aliphatic carbocycles. The lowest BCUT2D eigenvalue weighted by atomic mass is 10.1. The minimum absolute atomic E-state index is 0.264. The molecule has 0 heterocycles. The Bertz CT molecular complexity index is 559. The number of rotatable bonds is 6. The van der Waals surface area contributed by atoms with Crippen LogP contribution >= 0.6 is 0 Å². The highest BCUT2D eigenvalue weighted by molar-refractivity contribution is 5.73. The molecule has 2 rings (SSSR count). The molecule has 0 saturated heterocycles. The van der Waals surface area contributed by atoms with Crippen molar-refractivity contribution in [2.24, 2.45) is 0 Å². The lowest BCUT2D eigenvalue weighted by Gasteiger charge is -2.07. The van der Waals surface area contributed by atoms with Crippen LogP contribution in [0.5, 0.6) is 11.5 Å². The molecule has 0 saturated carbocycles. The highest BCUT2D eigenvalue weighted by atomic mass is 16.5. The van der Waals surface area contributed by atoms with E-state index in [1.165, 1.54) is 0 Å². The van der Waals surface area contributed by atoms with E-state index < -0.39 is 0 Å². The Morgan fingerprint density at radius 2 is 1.85 bits per heavy atom. The van der Waals surface area contributed by atoms with Crippen molar-refractivity contribution in [2.75, 3.05) is 6.61 Å². The molecule has 0 amide bonds. The number of phenolic OH excluding ortho intramolecular Hbond substituents is 1. The first-order valence-electron chi connectivity index (χ1n) is 6.98. The maximum Gasteiger partial charge on any atom is 0.123 e. The van der Waals surface area contributed by atoms with Gasteiger partial charge in [-0.15, -0.1) is 0 Å². The predicted octanol–water partition coefficient (Wildman–Crippen LogP) is 4.74. The fourth-order valence-electron chi connectivity index (χ4n) is 1.84. The Balaban J connectivity index is 2.10. The van der Waals surface area contributed by atoms with Gasteiger partial charge >= 0.3 is 0 Å². The van der Waals surface area contributed by atoms with Gasteiger partial charge in [0.1, 0.15) is 11.5 Å². The Morgan fingerprint density at radius 3 is 2.60 bits per heavy atom. The molecule has 0 unspecified atom stereocenters. The molecule has 0 fully saturated rings. The molecule has 0 atom stereocenters. The zero-order chi connectivity index (χ0) is 14.2. The van der Waals surface area contributed by atoms with E-state index in [1.54, 1.807) is 12.1 Å². The normalized spacial score (nSPS) is 10.8. The van der Waals surface area contributed by atoms with E-state index in [-0.39, 0.29) is 5.75 Å². The van der Waals surface area contributed by atoms with Crippen LogP contribution in [0.1, 0.15) is 30.9 Å². The third-order valence-electron chi connectivity index (χ3n) is 3.02. The molecule has 104 valence electrons. The van der Waals surface area contributed by atoms with Gasteiger partial charge in [0.15, 0.2) is 0 Å². The summed E-state index contributed by atoms with van der Waals surface area (Å²) < 4.78 is 5.65. The zero-order valence-corrected chi connectivity index (χ0v) is 11.8. The summed E-state index contributed by atoms with van der Waals surface area (Å²) in [4.78, 5) is 0. The second kappa shape index (κ2) is 7.39. The van der Waals surface area contributed by atoms with E-state index in [0.29, 0.717) is 6.61 Å². The smallest absolute Gasteiger partial charge is 0.123 e. The average molecular weight is 268 g/mol. The summed E-state index contributed by atoms with van der Waals surface area (Å²) in [5.41, 5.74) is 1.87. The van der Waals surface area contributed by atoms with Crippen molar-refractivity contribution in [3.63, 3.8) is 0 Å². The number of ether oxygens (including phenoxy) is 1. The first-order valence-corrected chi connectivity index (χ1v) is 6.98. The number of phenols is 1. The Labute approximate surface area is 120 Å². The number of aromatic hydroxyl groups is 1. The Kier molecular flexibility index (Phi) is 5.24. The first-order chi connectivity index (χ1) is 9.79.